The summed E-state index contributed by atoms with van der Waals surface area (Å²) in [6.45, 7) is 1.90. The van der Waals surface area contributed by atoms with Crippen molar-refractivity contribution in [2.24, 2.45) is 0 Å². The summed E-state index contributed by atoms with van der Waals surface area (Å²) in [5.41, 5.74) is 1.41. The van der Waals surface area contributed by atoms with Crippen LogP contribution in [0.5, 0.6) is 0 Å². The third-order valence-corrected chi connectivity index (χ3v) is 4.31. The van der Waals surface area contributed by atoms with Gasteiger partial charge >= 0.3 is 0 Å². The molecule has 0 heterocycles. The molecule has 1 amide bonds. The molecule has 0 aliphatic rings. The highest BCUT2D eigenvalue weighted by Crippen LogP contribution is 2.26. The SMILES string of the molecule is CC(c1ccc(F)cc1)N(C)C(=O)c1ccc(Cl)cc1Br. The number of benzene rings is 2. The maximum atomic E-state index is 13.0. The van der Waals surface area contributed by atoms with E-state index in [0.29, 0.717) is 15.1 Å². The van der Waals surface area contributed by atoms with Crippen molar-refractivity contribution in [2.45, 2.75) is 13.0 Å². The monoisotopic (exact) mass is 369 g/mol. The van der Waals surface area contributed by atoms with Crippen molar-refractivity contribution in [3.8, 4) is 0 Å². The molecule has 2 aromatic rings. The summed E-state index contributed by atoms with van der Waals surface area (Å²) in [6, 6.07) is 11.0. The standard InChI is InChI=1S/C16H14BrClFNO/c1-10(11-3-6-13(19)7-4-11)20(2)16(21)14-8-5-12(18)9-15(14)17/h3-10H,1-2H3. The van der Waals surface area contributed by atoms with Crippen LogP contribution in [0, 0.1) is 5.82 Å². The van der Waals surface area contributed by atoms with Gasteiger partial charge in [0, 0.05) is 16.5 Å². The van der Waals surface area contributed by atoms with Gasteiger partial charge in [-0.1, -0.05) is 23.7 Å². The molecule has 0 aliphatic heterocycles. The van der Waals surface area contributed by atoms with Crippen LogP contribution in [0.1, 0.15) is 28.9 Å². The van der Waals surface area contributed by atoms with Gasteiger partial charge < -0.3 is 4.90 Å². The quantitative estimate of drug-likeness (QED) is 0.738. The Morgan fingerprint density at radius 3 is 2.43 bits per heavy atom. The molecule has 0 radical (unpaired) electrons. The van der Waals surface area contributed by atoms with Crippen molar-refractivity contribution in [1.29, 1.82) is 0 Å². The molecule has 0 spiro atoms. The van der Waals surface area contributed by atoms with Crippen molar-refractivity contribution < 1.29 is 9.18 Å². The summed E-state index contributed by atoms with van der Waals surface area (Å²) in [7, 11) is 1.72. The van der Waals surface area contributed by atoms with Gasteiger partial charge in [-0.2, -0.15) is 0 Å². The number of hydrogen-bond acceptors (Lipinski definition) is 1. The van der Waals surface area contributed by atoms with E-state index in [1.54, 1.807) is 42.3 Å². The molecule has 110 valence electrons. The van der Waals surface area contributed by atoms with E-state index < -0.39 is 0 Å². The number of nitrogens with zero attached hydrogens (tertiary/aromatic N) is 1. The molecule has 5 heteroatoms. The van der Waals surface area contributed by atoms with E-state index >= 15 is 0 Å². The molecule has 0 fully saturated rings. The molecular formula is C16H14BrClFNO. The van der Waals surface area contributed by atoms with Gasteiger partial charge in [-0.25, -0.2) is 4.39 Å². The lowest BCUT2D eigenvalue weighted by Crippen LogP contribution is -2.29. The van der Waals surface area contributed by atoms with E-state index in [9.17, 15) is 9.18 Å². The maximum Gasteiger partial charge on any atom is 0.255 e. The third-order valence-electron chi connectivity index (χ3n) is 3.42. The molecule has 0 bridgehead atoms. The van der Waals surface area contributed by atoms with Crippen LogP contribution in [0.15, 0.2) is 46.9 Å². The van der Waals surface area contributed by atoms with Crippen molar-refractivity contribution in [3.05, 3.63) is 68.9 Å². The first-order chi connectivity index (χ1) is 9.90. The number of carbonyl (C=O) groups is 1. The Morgan fingerprint density at radius 1 is 1.24 bits per heavy atom. The molecule has 1 atom stereocenters. The maximum absolute atomic E-state index is 13.0. The molecule has 21 heavy (non-hydrogen) atoms. The predicted octanol–water partition coefficient (Wildman–Crippen LogP) is 5.07. The Morgan fingerprint density at radius 2 is 1.86 bits per heavy atom. The normalized spacial score (nSPS) is 12.0. The fourth-order valence-corrected chi connectivity index (χ4v) is 2.85. The number of amides is 1. The molecule has 2 rings (SSSR count). The van der Waals surface area contributed by atoms with Crippen LogP contribution >= 0.6 is 27.5 Å². The van der Waals surface area contributed by atoms with Crippen LogP contribution in [0.2, 0.25) is 5.02 Å². The highest BCUT2D eigenvalue weighted by Gasteiger charge is 2.20. The smallest absolute Gasteiger partial charge is 0.255 e. The highest BCUT2D eigenvalue weighted by atomic mass is 79.9. The van der Waals surface area contributed by atoms with E-state index in [0.717, 1.165) is 5.56 Å². The Kier molecular flexibility index (Phi) is 5.01. The number of carbonyl (C=O) groups excluding carboxylic acids is 1. The average molecular weight is 371 g/mol. The van der Waals surface area contributed by atoms with E-state index in [1.807, 2.05) is 6.92 Å². The van der Waals surface area contributed by atoms with Crippen LogP contribution < -0.4 is 0 Å². The van der Waals surface area contributed by atoms with E-state index in [2.05, 4.69) is 15.9 Å². The summed E-state index contributed by atoms with van der Waals surface area (Å²) in [5.74, 6) is -0.421. The van der Waals surface area contributed by atoms with Crippen molar-refractivity contribution in [1.82, 2.24) is 4.90 Å². The van der Waals surface area contributed by atoms with Crippen LogP contribution in [0.25, 0.3) is 0 Å². The zero-order valence-electron chi connectivity index (χ0n) is 11.6. The number of rotatable bonds is 3. The first-order valence-corrected chi connectivity index (χ1v) is 7.55. The minimum atomic E-state index is -0.291. The fourth-order valence-electron chi connectivity index (χ4n) is 1.99. The molecule has 0 saturated carbocycles. The fraction of sp³-hybridized carbons (Fsp3) is 0.188. The van der Waals surface area contributed by atoms with Gasteiger partial charge in [0.1, 0.15) is 5.82 Å². The summed E-state index contributed by atoms with van der Waals surface area (Å²) in [4.78, 5) is 14.1. The van der Waals surface area contributed by atoms with Gasteiger partial charge in [0.25, 0.3) is 5.91 Å². The molecule has 2 nitrogen and oxygen atoms in total. The van der Waals surface area contributed by atoms with Gasteiger partial charge in [-0.15, -0.1) is 0 Å². The van der Waals surface area contributed by atoms with Gasteiger partial charge in [-0.05, 0) is 58.7 Å². The Bertz CT molecular complexity index is 660. The first kappa shape index (κ1) is 16.0. The van der Waals surface area contributed by atoms with Gasteiger partial charge in [0.15, 0.2) is 0 Å². The topological polar surface area (TPSA) is 20.3 Å². The second-order valence-corrected chi connectivity index (χ2v) is 6.06. The van der Waals surface area contributed by atoms with E-state index in [4.69, 9.17) is 11.6 Å². The lowest BCUT2D eigenvalue weighted by molar-refractivity contribution is 0.0741. The summed E-state index contributed by atoms with van der Waals surface area (Å²) >= 11 is 9.23. The van der Waals surface area contributed by atoms with Crippen molar-refractivity contribution in [3.63, 3.8) is 0 Å². The van der Waals surface area contributed by atoms with Crippen LogP contribution in [0.4, 0.5) is 4.39 Å². The van der Waals surface area contributed by atoms with E-state index in [1.165, 1.54) is 12.1 Å². The summed E-state index contributed by atoms with van der Waals surface area (Å²) in [6.07, 6.45) is 0. The first-order valence-electron chi connectivity index (χ1n) is 6.38. The molecule has 1 unspecified atom stereocenters. The second kappa shape index (κ2) is 6.58. The summed E-state index contributed by atoms with van der Waals surface area (Å²) in [5, 5.41) is 0.563. The van der Waals surface area contributed by atoms with Crippen LogP contribution in [-0.2, 0) is 0 Å². The van der Waals surface area contributed by atoms with Gasteiger partial charge in [-0.3, -0.25) is 4.79 Å². The molecule has 0 saturated heterocycles. The number of halogens is 3. The average Bonchev–Trinajstić information content (AvgIpc) is 2.46. The van der Waals surface area contributed by atoms with E-state index in [-0.39, 0.29) is 17.8 Å². The highest BCUT2D eigenvalue weighted by molar-refractivity contribution is 9.10. The second-order valence-electron chi connectivity index (χ2n) is 4.77. The van der Waals surface area contributed by atoms with Crippen molar-refractivity contribution >= 4 is 33.4 Å². The Balaban J connectivity index is 2.24. The zero-order valence-corrected chi connectivity index (χ0v) is 14.0. The lowest BCUT2D eigenvalue weighted by Gasteiger charge is -2.26. The molecule has 0 aliphatic carbocycles. The zero-order chi connectivity index (χ0) is 15.6. The summed E-state index contributed by atoms with van der Waals surface area (Å²) < 4.78 is 13.6. The van der Waals surface area contributed by atoms with Crippen LogP contribution in [-0.4, -0.2) is 17.9 Å². The Hall–Kier alpha value is -1.39. The van der Waals surface area contributed by atoms with Crippen molar-refractivity contribution in [2.75, 3.05) is 7.05 Å². The molecule has 2 aromatic carbocycles. The minimum absolute atomic E-state index is 0.129. The molecule has 0 N–H and O–H groups in total. The van der Waals surface area contributed by atoms with Gasteiger partial charge in [0.2, 0.25) is 0 Å². The number of hydrogen-bond donors (Lipinski definition) is 0. The predicted molar refractivity (Wildman–Crippen MR) is 86.1 cm³/mol. The minimum Gasteiger partial charge on any atom is -0.335 e. The largest absolute Gasteiger partial charge is 0.335 e. The van der Waals surface area contributed by atoms with Crippen LogP contribution in [0.3, 0.4) is 0 Å². The molecular weight excluding hydrogens is 357 g/mol. The Labute approximate surface area is 136 Å². The third kappa shape index (κ3) is 3.63. The molecule has 0 aromatic heterocycles. The van der Waals surface area contributed by atoms with Gasteiger partial charge in [0.05, 0.1) is 11.6 Å². The lowest BCUT2D eigenvalue weighted by atomic mass is 10.1.